The number of hydrogen-bond donors (Lipinski definition) is 2. The van der Waals surface area contributed by atoms with Gasteiger partial charge < -0.3 is 15.2 Å². The third kappa shape index (κ3) is 4.74. The van der Waals surface area contributed by atoms with Gasteiger partial charge in [-0.05, 0) is 44.3 Å². The lowest BCUT2D eigenvalue weighted by Crippen LogP contribution is -2.23. The summed E-state index contributed by atoms with van der Waals surface area (Å²) in [6.45, 7) is 1.68. The molecule has 12 heteroatoms. The number of hydrogen-bond acceptors (Lipinski definition) is 4. The van der Waals surface area contributed by atoms with E-state index in [0.717, 1.165) is 7.11 Å². The first-order chi connectivity index (χ1) is 14.8. The number of aryl methyl sites for hydroxylation is 1. The van der Waals surface area contributed by atoms with E-state index >= 15 is 0 Å². The first-order valence-electron chi connectivity index (χ1n) is 8.93. The van der Waals surface area contributed by atoms with Crippen molar-refractivity contribution in [3.05, 3.63) is 58.8 Å². The standard InChI is InChI=1S/C19H14F6NO3P.CH5N/c1-10-3-4-15-14(5-10)17(16(9-27)26-15)30(28,29-2)13-7-11(18(20,21)22)6-12(8-13)19(23,24)25;1-2/h3-9,26H,1-2H3;2H2,1H3. The van der Waals surface area contributed by atoms with Crippen LogP contribution in [0, 0.1) is 6.92 Å². The molecule has 0 aliphatic heterocycles. The lowest BCUT2D eigenvalue weighted by molar-refractivity contribution is -0.142. The fourth-order valence-electron chi connectivity index (χ4n) is 3.15. The van der Waals surface area contributed by atoms with Gasteiger partial charge in [-0.1, -0.05) is 11.6 Å². The molecule has 174 valence electrons. The molecule has 0 bridgehead atoms. The highest BCUT2D eigenvalue weighted by Gasteiger charge is 2.41. The van der Waals surface area contributed by atoms with E-state index in [4.69, 9.17) is 4.52 Å². The molecule has 3 N–H and O–H groups in total. The number of nitrogens with two attached hydrogens (primary N) is 1. The van der Waals surface area contributed by atoms with Gasteiger partial charge in [0.1, 0.15) is 0 Å². The number of halogens is 6. The molecule has 0 saturated carbocycles. The Morgan fingerprint density at radius 1 is 0.969 bits per heavy atom. The number of carbonyl (C=O) groups is 1. The molecular weight excluding hydrogens is 461 g/mol. The third-order valence-electron chi connectivity index (χ3n) is 4.54. The van der Waals surface area contributed by atoms with Crippen molar-refractivity contribution in [2.75, 3.05) is 14.2 Å². The molecule has 1 aromatic heterocycles. The van der Waals surface area contributed by atoms with E-state index in [9.17, 15) is 35.7 Å². The molecule has 2 aromatic carbocycles. The first kappa shape index (κ1) is 25.6. The molecule has 3 aromatic rings. The van der Waals surface area contributed by atoms with Crippen LogP contribution >= 0.6 is 7.37 Å². The molecule has 1 heterocycles. The predicted molar refractivity (Wildman–Crippen MR) is 109 cm³/mol. The van der Waals surface area contributed by atoms with Crippen molar-refractivity contribution >= 4 is 35.2 Å². The first-order valence-corrected chi connectivity index (χ1v) is 10.6. The van der Waals surface area contributed by atoms with Crippen LogP contribution in [0.5, 0.6) is 0 Å². The van der Waals surface area contributed by atoms with Gasteiger partial charge in [0.2, 0.25) is 0 Å². The Morgan fingerprint density at radius 3 is 1.94 bits per heavy atom. The van der Waals surface area contributed by atoms with E-state index in [1.165, 1.54) is 13.1 Å². The number of rotatable bonds is 4. The van der Waals surface area contributed by atoms with Crippen LogP contribution in [0.25, 0.3) is 10.9 Å². The van der Waals surface area contributed by atoms with E-state index in [1.54, 1.807) is 19.1 Å². The summed E-state index contributed by atoms with van der Waals surface area (Å²) in [6.07, 6.45) is -9.97. The smallest absolute Gasteiger partial charge is 0.352 e. The Kier molecular flexibility index (Phi) is 7.28. The van der Waals surface area contributed by atoms with E-state index < -0.39 is 36.2 Å². The van der Waals surface area contributed by atoms with E-state index in [0.29, 0.717) is 23.2 Å². The second-order valence-corrected chi connectivity index (χ2v) is 8.98. The number of benzene rings is 2. The number of aromatic amines is 1. The lowest BCUT2D eigenvalue weighted by atomic mass is 10.1. The molecule has 0 amide bonds. The highest BCUT2D eigenvalue weighted by Crippen LogP contribution is 2.48. The van der Waals surface area contributed by atoms with Gasteiger partial charge in [-0.2, -0.15) is 26.3 Å². The second kappa shape index (κ2) is 9.09. The summed E-state index contributed by atoms with van der Waals surface area (Å²) in [4.78, 5) is 14.2. The molecule has 0 aliphatic rings. The van der Waals surface area contributed by atoms with Gasteiger partial charge in [0.25, 0.3) is 7.37 Å². The number of fused-ring (bicyclic) bond motifs is 1. The molecule has 0 aliphatic carbocycles. The van der Waals surface area contributed by atoms with Crippen LogP contribution in [-0.2, 0) is 21.4 Å². The summed E-state index contributed by atoms with van der Waals surface area (Å²) in [5, 5.41) is -0.906. The Morgan fingerprint density at radius 2 is 1.50 bits per heavy atom. The third-order valence-corrected chi connectivity index (χ3v) is 7.06. The van der Waals surface area contributed by atoms with E-state index in [-0.39, 0.29) is 28.7 Å². The van der Waals surface area contributed by atoms with Gasteiger partial charge in [-0.25, -0.2) is 0 Å². The summed E-state index contributed by atoms with van der Waals surface area (Å²) in [7, 11) is -2.13. The minimum absolute atomic E-state index is 0.0660. The van der Waals surface area contributed by atoms with Crippen LogP contribution < -0.4 is 16.3 Å². The van der Waals surface area contributed by atoms with E-state index in [1.807, 2.05) is 0 Å². The fraction of sp³-hybridized carbons (Fsp3) is 0.250. The normalized spacial score (nSPS) is 13.9. The highest BCUT2D eigenvalue weighted by atomic mass is 31.2. The quantitative estimate of drug-likeness (QED) is 0.320. The van der Waals surface area contributed by atoms with Gasteiger partial charge in [0.05, 0.1) is 22.1 Å². The average Bonchev–Trinajstić information content (AvgIpc) is 3.11. The number of aromatic nitrogens is 1. The lowest BCUT2D eigenvalue weighted by Gasteiger charge is -2.20. The Hall–Kier alpha value is -2.62. The molecule has 0 saturated heterocycles. The Balaban J connectivity index is 0.00000176. The highest BCUT2D eigenvalue weighted by molar-refractivity contribution is 7.75. The SMILES string of the molecule is CN.COP(=O)(c1cc(C(F)(F)F)cc(C(F)(F)F)c1)c1c(C=O)[nH]c2ccc(C)cc12. The summed E-state index contributed by atoms with van der Waals surface area (Å²) in [5.41, 5.74) is 1.98. The molecule has 0 fully saturated rings. The van der Waals surface area contributed by atoms with Gasteiger partial charge in [-0.3, -0.25) is 9.36 Å². The zero-order valence-corrected chi connectivity index (χ0v) is 18.0. The molecule has 32 heavy (non-hydrogen) atoms. The molecular formula is C20H19F6N2O3P. The zero-order chi connectivity index (χ0) is 24.5. The van der Waals surface area contributed by atoms with Crippen LogP contribution in [0.1, 0.15) is 27.2 Å². The zero-order valence-electron chi connectivity index (χ0n) is 17.1. The van der Waals surface area contributed by atoms with Crippen LogP contribution in [0.2, 0.25) is 0 Å². The van der Waals surface area contributed by atoms with Crippen LogP contribution in [0.4, 0.5) is 26.3 Å². The summed E-state index contributed by atoms with van der Waals surface area (Å²) in [5.74, 6) is 0. The Labute approximate surface area is 179 Å². The second-order valence-electron chi connectivity index (χ2n) is 6.55. The van der Waals surface area contributed by atoms with Crippen molar-refractivity contribution in [1.29, 1.82) is 0 Å². The Bertz CT molecular complexity index is 1150. The average molecular weight is 480 g/mol. The molecule has 3 rings (SSSR count). The van der Waals surface area contributed by atoms with Gasteiger partial charge in [0.15, 0.2) is 6.29 Å². The van der Waals surface area contributed by atoms with Crippen molar-refractivity contribution < 1.29 is 40.2 Å². The summed E-state index contributed by atoms with van der Waals surface area (Å²) in [6, 6.07) is 5.36. The van der Waals surface area contributed by atoms with Crippen molar-refractivity contribution in [3.63, 3.8) is 0 Å². The maximum atomic E-state index is 13.8. The molecule has 1 unspecified atom stereocenters. The number of H-pyrrole nitrogens is 1. The van der Waals surface area contributed by atoms with E-state index in [2.05, 4.69) is 10.7 Å². The predicted octanol–water partition coefficient (Wildman–Crippen LogP) is 4.78. The molecule has 5 nitrogen and oxygen atoms in total. The van der Waals surface area contributed by atoms with Crippen molar-refractivity contribution in [1.82, 2.24) is 4.98 Å². The minimum atomic E-state index is -5.13. The van der Waals surface area contributed by atoms with Gasteiger partial charge >= 0.3 is 12.4 Å². The number of aldehydes is 1. The minimum Gasteiger partial charge on any atom is -0.352 e. The van der Waals surface area contributed by atoms with Crippen molar-refractivity contribution in [2.24, 2.45) is 5.73 Å². The summed E-state index contributed by atoms with van der Waals surface area (Å²) >= 11 is 0. The number of alkyl halides is 6. The fourth-order valence-corrected chi connectivity index (χ4v) is 5.35. The summed E-state index contributed by atoms with van der Waals surface area (Å²) < 4.78 is 98.4. The van der Waals surface area contributed by atoms with Crippen LogP contribution in [-0.4, -0.2) is 25.4 Å². The molecule has 1 atom stereocenters. The number of nitrogens with one attached hydrogen (secondary N) is 1. The topological polar surface area (TPSA) is 85.2 Å². The maximum absolute atomic E-state index is 13.8. The van der Waals surface area contributed by atoms with Crippen LogP contribution in [0.15, 0.2) is 36.4 Å². The van der Waals surface area contributed by atoms with Crippen LogP contribution in [0.3, 0.4) is 0 Å². The van der Waals surface area contributed by atoms with Crippen molar-refractivity contribution in [3.8, 4) is 0 Å². The van der Waals surface area contributed by atoms with Gasteiger partial charge in [0, 0.05) is 23.3 Å². The number of carbonyl (C=O) groups excluding carboxylic acids is 1. The largest absolute Gasteiger partial charge is 0.416 e. The molecule has 0 spiro atoms. The monoisotopic (exact) mass is 480 g/mol. The van der Waals surface area contributed by atoms with Crippen molar-refractivity contribution in [2.45, 2.75) is 19.3 Å². The van der Waals surface area contributed by atoms with Gasteiger partial charge in [-0.15, -0.1) is 0 Å². The molecule has 0 radical (unpaired) electrons. The maximum Gasteiger partial charge on any atom is 0.416 e.